The van der Waals surface area contributed by atoms with E-state index in [0.29, 0.717) is 18.5 Å². The second kappa shape index (κ2) is 9.66. The Labute approximate surface area is 196 Å². The number of carbonyl (C=O) groups is 2. The molecule has 1 heterocycles. The van der Waals surface area contributed by atoms with Crippen LogP contribution in [0.5, 0.6) is 0 Å². The van der Waals surface area contributed by atoms with Crippen molar-refractivity contribution in [3.8, 4) is 0 Å². The summed E-state index contributed by atoms with van der Waals surface area (Å²) in [5.41, 5.74) is -0.254. The molecule has 2 fully saturated rings. The zero-order valence-corrected chi connectivity index (χ0v) is 19.0. The van der Waals surface area contributed by atoms with Gasteiger partial charge in [0, 0.05) is 18.2 Å². The number of para-hydroxylation sites is 1. The van der Waals surface area contributed by atoms with Gasteiger partial charge in [-0.1, -0.05) is 24.3 Å². The molecule has 0 radical (unpaired) electrons. The zero-order chi connectivity index (χ0) is 24.3. The lowest BCUT2D eigenvalue weighted by molar-refractivity contribution is -0.137. The molecule has 182 valence electrons. The van der Waals surface area contributed by atoms with Gasteiger partial charge in [-0.2, -0.15) is 13.2 Å². The van der Waals surface area contributed by atoms with Crippen molar-refractivity contribution >= 4 is 23.2 Å². The molecular formula is C25H29F3N4O2. The number of carbonyl (C=O) groups excluding carboxylic acids is 2. The number of amides is 2. The van der Waals surface area contributed by atoms with Gasteiger partial charge in [0.15, 0.2) is 0 Å². The van der Waals surface area contributed by atoms with E-state index in [-0.39, 0.29) is 30.0 Å². The van der Waals surface area contributed by atoms with Crippen molar-refractivity contribution in [3.05, 3.63) is 59.7 Å². The first kappa shape index (κ1) is 24.1. The summed E-state index contributed by atoms with van der Waals surface area (Å²) in [5, 5.41) is 8.66. The van der Waals surface area contributed by atoms with Crippen LogP contribution in [0.25, 0.3) is 0 Å². The smallest absolute Gasteiger partial charge is 0.355 e. The SMILES string of the molecule is CN1CCC(C(=O)NC2(C(=O)NCc3ccc(Nc4ccccc4C(F)(F)F)cc3)CC2)CC1. The van der Waals surface area contributed by atoms with Crippen molar-refractivity contribution in [1.82, 2.24) is 15.5 Å². The van der Waals surface area contributed by atoms with E-state index in [1.807, 2.05) is 7.05 Å². The van der Waals surface area contributed by atoms with Gasteiger partial charge in [0.2, 0.25) is 11.8 Å². The molecule has 1 aliphatic heterocycles. The first-order valence-corrected chi connectivity index (χ1v) is 11.5. The molecule has 0 atom stereocenters. The van der Waals surface area contributed by atoms with Crippen molar-refractivity contribution < 1.29 is 22.8 Å². The molecule has 6 nitrogen and oxygen atoms in total. The van der Waals surface area contributed by atoms with Crippen LogP contribution >= 0.6 is 0 Å². The van der Waals surface area contributed by atoms with E-state index in [9.17, 15) is 22.8 Å². The van der Waals surface area contributed by atoms with Crippen LogP contribution in [0.4, 0.5) is 24.5 Å². The molecule has 0 aromatic heterocycles. The van der Waals surface area contributed by atoms with Crippen molar-refractivity contribution in [2.45, 2.75) is 43.9 Å². The predicted molar refractivity (Wildman–Crippen MR) is 123 cm³/mol. The van der Waals surface area contributed by atoms with Crippen LogP contribution in [0, 0.1) is 5.92 Å². The minimum Gasteiger partial charge on any atom is -0.355 e. The summed E-state index contributed by atoms with van der Waals surface area (Å²) < 4.78 is 39.6. The Morgan fingerprint density at radius 2 is 1.68 bits per heavy atom. The second-order valence-corrected chi connectivity index (χ2v) is 9.20. The highest BCUT2D eigenvalue weighted by atomic mass is 19.4. The molecule has 1 saturated carbocycles. The third-order valence-electron chi connectivity index (χ3n) is 6.55. The summed E-state index contributed by atoms with van der Waals surface area (Å²) in [6.45, 7) is 2.03. The second-order valence-electron chi connectivity index (χ2n) is 9.20. The molecule has 9 heteroatoms. The van der Waals surface area contributed by atoms with Crippen molar-refractivity contribution in [1.29, 1.82) is 0 Å². The van der Waals surface area contributed by atoms with Gasteiger partial charge in [0.05, 0.1) is 11.3 Å². The van der Waals surface area contributed by atoms with E-state index in [1.165, 1.54) is 12.1 Å². The van der Waals surface area contributed by atoms with Crippen LogP contribution in [0.3, 0.4) is 0 Å². The molecule has 2 aliphatic rings. The van der Waals surface area contributed by atoms with E-state index < -0.39 is 17.3 Å². The number of likely N-dealkylation sites (tertiary alicyclic amines) is 1. The third kappa shape index (κ3) is 5.70. The standard InChI is InChI=1S/C25H29F3N4O2/c1-32-14-10-18(11-15-32)22(33)31-24(12-13-24)23(34)29-16-17-6-8-19(9-7-17)30-21-5-3-2-4-20(21)25(26,27)28/h2-9,18,30H,10-16H2,1H3,(H,29,34)(H,31,33). The molecule has 1 saturated heterocycles. The number of halogens is 3. The van der Waals surface area contributed by atoms with Crippen LogP contribution in [-0.4, -0.2) is 42.4 Å². The molecule has 2 aromatic carbocycles. The fourth-order valence-corrected chi connectivity index (χ4v) is 4.19. The number of hydrogen-bond donors (Lipinski definition) is 3. The summed E-state index contributed by atoms with van der Waals surface area (Å²) in [5.74, 6) is -0.297. The van der Waals surface area contributed by atoms with Crippen LogP contribution in [-0.2, 0) is 22.3 Å². The number of hydrogen-bond acceptors (Lipinski definition) is 4. The van der Waals surface area contributed by atoms with Crippen LogP contribution < -0.4 is 16.0 Å². The first-order valence-electron chi connectivity index (χ1n) is 11.5. The highest BCUT2D eigenvalue weighted by Gasteiger charge is 2.51. The number of alkyl halides is 3. The number of anilines is 2. The lowest BCUT2D eigenvalue weighted by Crippen LogP contribution is -2.51. The molecule has 3 N–H and O–H groups in total. The highest BCUT2D eigenvalue weighted by molar-refractivity contribution is 5.94. The third-order valence-corrected chi connectivity index (χ3v) is 6.55. The Morgan fingerprint density at radius 3 is 2.29 bits per heavy atom. The molecule has 0 bridgehead atoms. The molecule has 2 amide bonds. The van der Waals surface area contributed by atoms with Gasteiger partial charge in [0.1, 0.15) is 5.54 Å². The number of rotatable bonds is 7. The minimum absolute atomic E-state index is 0.0212. The van der Waals surface area contributed by atoms with Gasteiger partial charge >= 0.3 is 6.18 Å². The van der Waals surface area contributed by atoms with Gasteiger partial charge in [-0.25, -0.2) is 0 Å². The molecular weight excluding hydrogens is 445 g/mol. The highest BCUT2D eigenvalue weighted by Crippen LogP contribution is 2.37. The summed E-state index contributed by atoms with van der Waals surface area (Å²) >= 11 is 0. The fourth-order valence-electron chi connectivity index (χ4n) is 4.19. The van der Waals surface area contributed by atoms with Crippen LogP contribution in [0.2, 0.25) is 0 Å². The Morgan fingerprint density at radius 1 is 1.03 bits per heavy atom. The summed E-state index contributed by atoms with van der Waals surface area (Å²) in [6.07, 6.45) is -1.60. The Hall–Kier alpha value is -3.07. The number of benzene rings is 2. The quantitative estimate of drug-likeness (QED) is 0.566. The van der Waals surface area contributed by atoms with Crippen molar-refractivity contribution in [3.63, 3.8) is 0 Å². The topological polar surface area (TPSA) is 73.5 Å². The molecule has 0 unspecified atom stereocenters. The van der Waals surface area contributed by atoms with Crippen molar-refractivity contribution in [2.24, 2.45) is 5.92 Å². The zero-order valence-electron chi connectivity index (χ0n) is 19.0. The average molecular weight is 475 g/mol. The summed E-state index contributed by atoms with van der Waals surface area (Å²) in [4.78, 5) is 27.6. The first-order chi connectivity index (χ1) is 16.2. The maximum Gasteiger partial charge on any atom is 0.418 e. The largest absolute Gasteiger partial charge is 0.418 e. The van der Waals surface area contributed by atoms with Gasteiger partial charge in [-0.05, 0) is 75.6 Å². The van der Waals surface area contributed by atoms with E-state index in [4.69, 9.17) is 0 Å². The Kier molecular flexibility index (Phi) is 6.84. The Balaban J connectivity index is 1.30. The molecule has 2 aromatic rings. The van der Waals surface area contributed by atoms with E-state index in [1.54, 1.807) is 30.3 Å². The monoisotopic (exact) mass is 474 g/mol. The summed E-state index contributed by atoms with van der Waals surface area (Å²) in [7, 11) is 2.04. The molecule has 34 heavy (non-hydrogen) atoms. The van der Waals surface area contributed by atoms with Gasteiger partial charge < -0.3 is 20.9 Å². The van der Waals surface area contributed by atoms with Crippen molar-refractivity contribution in [2.75, 3.05) is 25.5 Å². The van der Waals surface area contributed by atoms with Gasteiger partial charge in [-0.15, -0.1) is 0 Å². The molecule has 0 spiro atoms. The number of piperidine rings is 1. The van der Waals surface area contributed by atoms with Gasteiger partial charge in [-0.3, -0.25) is 9.59 Å². The van der Waals surface area contributed by atoms with Gasteiger partial charge in [0.25, 0.3) is 0 Å². The van der Waals surface area contributed by atoms with Crippen LogP contribution in [0.1, 0.15) is 36.8 Å². The maximum atomic E-state index is 13.2. The molecule has 4 rings (SSSR count). The lowest BCUT2D eigenvalue weighted by Gasteiger charge is -2.29. The van der Waals surface area contributed by atoms with Crippen LogP contribution in [0.15, 0.2) is 48.5 Å². The van der Waals surface area contributed by atoms with E-state index in [0.717, 1.165) is 37.6 Å². The summed E-state index contributed by atoms with van der Waals surface area (Å²) in [6, 6.07) is 12.1. The average Bonchev–Trinajstić information content (AvgIpc) is 3.59. The number of nitrogens with one attached hydrogen (secondary N) is 3. The predicted octanol–water partition coefficient (Wildman–Crippen LogP) is 4.06. The molecule has 1 aliphatic carbocycles. The fraction of sp³-hybridized carbons (Fsp3) is 0.440. The minimum atomic E-state index is -4.45. The normalized spacial score (nSPS) is 18.2. The number of nitrogens with zero attached hydrogens (tertiary/aromatic N) is 1. The maximum absolute atomic E-state index is 13.2. The van der Waals surface area contributed by atoms with E-state index >= 15 is 0 Å². The lowest BCUT2D eigenvalue weighted by atomic mass is 9.95. The Bertz CT molecular complexity index is 1030. The van der Waals surface area contributed by atoms with E-state index in [2.05, 4.69) is 20.9 Å².